The predicted molar refractivity (Wildman–Crippen MR) is 84.7 cm³/mol. The Morgan fingerprint density at radius 3 is 2.56 bits per heavy atom. The molecule has 10 heteroatoms. The Bertz CT molecular complexity index is 668. The molecule has 0 bridgehead atoms. The SMILES string of the molecule is COCC1(CNS(=O)(=O)c2cccc(OC(F)(F)F)c2)CCNCC1. The number of hydrogen-bond acceptors (Lipinski definition) is 5. The van der Waals surface area contributed by atoms with Crippen molar-refractivity contribution in [3.63, 3.8) is 0 Å². The van der Waals surface area contributed by atoms with E-state index in [1.165, 1.54) is 12.1 Å². The van der Waals surface area contributed by atoms with Gasteiger partial charge >= 0.3 is 6.36 Å². The molecule has 1 aromatic rings. The second-order valence-corrected chi connectivity index (χ2v) is 7.80. The molecule has 2 N–H and O–H groups in total. The van der Waals surface area contributed by atoms with Crippen molar-refractivity contribution in [2.45, 2.75) is 24.1 Å². The quantitative estimate of drug-likeness (QED) is 0.753. The monoisotopic (exact) mass is 382 g/mol. The summed E-state index contributed by atoms with van der Waals surface area (Å²) in [7, 11) is -2.42. The number of rotatable bonds is 7. The van der Waals surface area contributed by atoms with E-state index >= 15 is 0 Å². The molecular weight excluding hydrogens is 361 g/mol. The van der Waals surface area contributed by atoms with Gasteiger partial charge in [0.15, 0.2) is 0 Å². The molecule has 2 rings (SSSR count). The Labute approximate surface area is 144 Å². The van der Waals surface area contributed by atoms with Crippen LogP contribution < -0.4 is 14.8 Å². The van der Waals surface area contributed by atoms with Gasteiger partial charge in [0, 0.05) is 25.1 Å². The molecular formula is C15H21F3N2O4S. The van der Waals surface area contributed by atoms with Gasteiger partial charge in [0.25, 0.3) is 0 Å². The van der Waals surface area contributed by atoms with Crippen molar-refractivity contribution in [3.8, 4) is 5.75 Å². The van der Waals surface area contributed by atoms with Crippen LogP contribution in [0, 0.1) is 5.41 Å². The number of methoxy groups -OCH3 is 1. The van der Waals surface area contributed by atoms with Gasteiger partial charge in [0.2, 0.25) is 10.0 Å². The molecule has 0 aromatic heterocycles. The minimum Gasteiger partial charge on any atom is -0.406 e. The van der Waals surface area contributed by atoms with Crippen LogP contribution in [0.2, 0.25) is 0 Å². The van der Waals surface area contributed by atoms with Crippen molar-refractivity contribution in [1.29, 1.82) is 0 Å². The van der Waals surface area contributed by atoms with Crippen molar-refractivity contribution in [2.75, 3.05) is 33.4 Å². The van der Waals surface area contributed by atoms with E-state index in [0.29, 0.717) is 6.61 Å². The molecule has 0 radical (unpaired) electrons. The van der Waals surface area contributed by atoms with E-state index in [4.69, 9.17) is 4.74 Å². The lowest BCUT2D eigenvalue weighted by Crippen LogP contribution is -2.47. The lowest BCUT2D eigenvalue weighted by atomic mass is 9.80. The molecule has 0 atom stereocenters. The first-order valence-corrected chi connectivity index (χ1v) is 9.19. The lowest BCUT2D eigenvalue weighted by molar-refractivity contribution is -0.274. The summed E-state index contributed by atoms with van der Waals surface area (Å²) in [5.41, 5.74) is -0.340. The number of halogens is 3. The Morgan fingerprint density at radius 2 is 1.96 bits per heavy atom. The maximum Gasteiger partial charge on any atom is 0.573 e. The summed E-state index contributed by atoms with van der Waals surface area (Å²) in [5, 5.41) is 3.20. The van der Waals surface area contributed by atoms with Gasteiger partial charge in [-0.05, 0) is 38.1 Å². The largest absolute Gasteiger partial charge is 0.573 e. The third-order valence-electron chi connectivity index (χ3n) is 4.10. The van der Waals surface area contributed by atoms with Crippen LogP contribution in [0.3, 0.4) is 0 Å². The molecule has 0 spiro atoms. The van der Waals surface area contributed by atoms with Crippen molar-refractivity contribution >= 4 is 10.0 Å². The summed E-state index contributed by atoms with van der Waals surface area (Å²) in [6, 6.07) is 4.31. The zero-order valence-corrected chi connectivity index (χ0v) is 14.5. The fraction of sp³-hybridized carbons (Fsp3) is 0.600. The van der Waals surface area contributed by atoms with Crippen molar-refractivity contribution in [3.05, 3.63) is 24.3 Å². The molecule has 25 heavy (non-hydrogen) atoms. The van der Waals surface area contributed by atoms with Crippen LogP contribution in [0.25, 0.3) is 0 Å². The molecule has 0 amide bonds. The van der Waals surface area contributed by atoms with E-state index < -0.39 is 22.1 Å². The summed E-state index contributed by atoms with van der Waals surface area (Å²) < 4.78 is 73.2. The second kappa shape index (κ2) is 7.90. The molecule has 0 unspecified atom stereocenters. The van der Waals surface area contributed by atoms with Gasteiger partial charge < -0.3 is 14.8 Å². The summed E-state index contributed by atoms with van der Waals surface area (Å²) in [6.45, 7) is 2.05. The van der Waals surface area contributed by atoms with Gasteiger partial charge in [-0.3, -0.25) is 0 Å². The number of benzene rings is 1. The van der Waals surface area contributed by atoms with E-state index in [1.54, 1.807) is 7.11 Å². The van der Waals surface area contributed by atoms with E-state index in [9.17, 15) is 21.6 Å². The lowest BCUT2D eigenvalue weighted by Gasteiger charge is -2.37. The Balaban J connectivity index is 2.11. The normalized spacial score (nSPS) is 18.1. The van der Waals surface area contributed by atoms with Crippen molar-refractivity contribution in [1.82, 2.24) is 10.0 Å². The van der Waals surface area contributed by atoms with E-state index in [-0.39, 0.29) is 16.9 Å². The Morgan fingerprint density at radius 1 is 1.28 bits per heavy atom. The highest BCUT2D eigenvalue weighted by Gasteiger charge is 2.34. The number of piperidine rings is 1. The molecule has 6 nitrogen and oxygen atoms in total. The summed E-state index contributed by atoms with van der Waals surface area (Å²) in [5.74, 6) is -0.580. The molecule has 0 aliphatic carbocycles. The Kier molecular flexibility index (Phi) is 6.30. The van der Waals surface area contributed by atoms with E-state index in [0.717, 1.165) is 38.1 Å². The molecule has 142 valence electrons. The van der Waals surface area contributed by atoms with Gasteiger partial charge in [-0.15, -0.1) is 13.2 Å². The van der Waals surface area contributed by atoms with Gasteiger partial charge in [-0.2, -0.15) is 0 Å². The third-order valence-corrected chi connectivity index (χ3v) is 5.50. The molecule has 1 aliphatic heterocycles. The highest BCUT2D eigenvalue weighted by atomic mass is 32.2. The first-order valence-electron chi connectivity index (χ1n) is 7.71. The summed E-state index contributed by atoms with van der Waals surface area (Å²) in [4.78, 5) is -0.282. The topological polar surface area (TPSA) is 76.7 Å². The summed E-state index contributed by atoms with van der Waals surface area (Å²) in [6.07, 6.45) is -3.41. The first kappa shape index (κ1) is 20.0. The van der Waals surface area contributed by atoms with Crippen LogP contribution >= 0.6 is 0 Å². The Hall–Kier alpha value is -1.36. The number of hydrogen-bond donors (Lipinski definition) is 2. The number of alkyl halides is 3. The zero-order chi connectivity index (χ0) is 18.6. The second-order valence-electron chi connectivity index (χ2n) is 6.03. The standard InChI is InChI=1S/C15H21F3N2O4S/c1-23-11-14(5-7-19-8-6-14)10-20-25(21,22)13-4-2-3-12(9-13)24-15(16,17)18/h2-4,9,19-20H,5-8,10-11H2,1H3. The number of nitrogens with one attached hydrogen (secondary N) is 2. The zero-order valence-electron chi connectivity index (χ0n) is 13.7. The average molecular weight is 382 g/mol. The number of sulfonamides is 1. The van der Waals surface area contributed by atoms with Crippen molar-refractivity contribution in [2.24, 2.45) is 5.41 Å². The van der Waals surface area contributed by atoms with Crippen LogP contribution in [-0.2, 0) is 14.8 Å². The molecule has 1 heterocycles. The van der Waals surface area contributed by atoms with Gasteiger partial charge in [0.1, 0.15) is 5.75 Å². The van der Waals surface area contributed by atoms with Crippen molar-refractivity contribution < 1.29 is 31.1 Å². The van der Waals surface area contributed by atoms with Crippen LogP contribution in [-0.4, -0.2) is 48.1 Å². The first-order chi connectivity index (χ1) is 11.7. The maximum absolute atomic E-state index is 12.4. The molecule has 1 aromatic carbocycles. The van der Waals surface area contributed by atoms with E-state index in [2.05, 4.69) is 14.8 Å². The predicted octanol–water partition coefficient (Wildman–Crippen LogP) is 1.88. The fourth-order valence-corrected chi connectivity index (χ4v) is 4.00. The third kappa shape index (κ3) is 5.84. The van der Waals surface area contributed by atoms with Gasteiger partial charge in [-0.1, -0.05) is 6.07 Å². The fourth-order valence-electron chi connectivity index (χ4n) is 2.81. The molecule has 0 saturated carbocycles. The smallest absolute Gasteiger partial charge is 0.406 e. The van der Waals surface area contributed by atoms with Crippen LogP contribution in [0.1, 0.15) is 12.8 Å². The highest BCUT2D eigenvalue weighted by Crippen LogP contribution is 2.29. The number of ether oxygens (including phenoxy) is 2. The molecule has 1 fully saturated rings. The van der Waals surface area contributed by atoms with Gasteiger partial charge in [-0.25, -0.2) is 13.1 Å². The summed E-state index contributed by atoms with van der Waals surface area (Å²) >= 11 is 0. The minimum atomic E-state index is -4.88. The average Bonchev–Trinajstić information content (AvgIpc) is 2.53. The maximum atomic E-state index is 12.4. The van der Waals surface area contributed by atoms with Crippen LogP contribution in [0.5, 0.6) is 5.75 Å². The van der Waals surface area contributed by atoms with E-state index in [1.807, 2.05) is 0 Å². The minimum absolute atomic E-state index is 0.148. The van der Waals surface area contributed by atoms with Crippen LogP contribution in [0.15, 0.2) is 29.2 Å². The molecule has 1 aliphatic rings. The van der Waals surface area contributed by atoms with Crippen LogP contribution in [0.4, 0.5) is 13.2 Å². The molecule has 1 saturated heterocycles. The van der Waals surface area contributed by atoms with Gasteiger partial charge in [0.05, 0.1) is 11.5 Å². The highest BCUT2D eigenvalue weighted by molar-refractivity contribution is 7.89.